The minimum Gasteiger partial charge on any atom is -0.394 e. The first kappa shape index (κ1) is 9.40. The minimum atomic E-state index is -1.62. The lowest BCUT2D eigenvalue weighted by Gasteiger charge is -2.34. The highest BCUT2D eigenvalue weighted by molar-refractivity contribution is 5.82. The summed E-state index contributed by atoms with van der Waals surface area (Å²) in [6.45, 7) is -0.476. The van der Waals surface area contributed by atoms with Gasteiger partial charge in [0.15, 0.2) is 6.10 Å². The number of piperidine rings is 1. The molecule has 1 unspecified atom stereocenters. The first-order valence-corrected chi connectivity index (χ1v) is 3.53. The summed E-state index contributed by atoms with van der Waals surface area (Å²) in [5.41, 5.74) is 0. The van der Waals surface area contributed by atoms with Gasteiger partial charge in [-0.2, -0.15) is 0 Å². The quantitative estimate of drug-likeness (QED) is 0.286. The summed E-state index contributed by atoms with van der Waals surface area (Å²) >= 11 is 0. The summed E-state index contributed by atoms with van der Waals surface area (Å²) < 4.78 is 0. The fourth-order valence-electron chi connectivity index (χ4n) is 1.09. The van der Waals surface area contributed by atoms with E-state index in [1.165, 1.54) is 0 Å². The smallest absolute Gasteiger partial charge is 0.252 e. The van der Waals surface area contributed by atoms with E-state index in [-0.39, 0.29) is 0 Å². The Morgan fingerprint density at radius 2 is 1.83 bits per heavy atom. The Hall–Kier alpha value is -0.690. The molecule has 12 heavy (non-hydrogen) atoms. The molecule has 5 N–H and O–H groups in total. The van der Waals surface area contributed by atoms with Crippen LogP contribution in [-0.4, -0.2) is 57.3 Å². The van der Waals surface area contributed by atoms with Crippen molar-refractivity contribution in [1.29, 1.82) is 0 Å². The highest BCUT2D eigenvalue weighted by atomic mass is 16.4. The van der Waals surface area contributed by atoms with Crippen LogP contribution in [-0.2, 0) is 4.79 Å². The Morgan fingerprint density at radius 3 is 2.33 bits per heavy atom. The number of aliphatic hydroxyl groups excluding tert-OH is 4. The number of rotatable bonds is 1. The molecule has 0 spiro atoms. The number of aliphatic hydroxyl groups is 4. The normalized spacial score (nSPS) is 42.5. The van der Waals surface area contributed by atoms with E-state index in [0.29, 0.717) is 0 Å². The van der Waals surface area contributed by atoms with Crippen LogP contribution in [0.3, 0.4) is 0 Å². The summed E-state index contributed by atoms with van der Waals surface area (Å²) in [6, 6.07) is -0.907. The SMILES string of the molecule is O=C1NC(CO)[C@@H](O)[C@H](O)[C@H]1O. The van der Waals surface area contributed by atoms with Crippen molar-refractivity contribution in [1.82, 2.24) is 5.32 Å². The molecule has 1 fully saturated rings. The summed E-state index contributed by atoms with van der Waals surface area (Å²) in [4.78, 5) is 10.8. The largest absolute Gasteiger partial charge is 0.394 e. The third kappa shape index (κ3) is 1.42. The third-order valence-electron chi connectivity index (χ3n) is 1.88. The maximum absolute atomic E-state index is 10.8. The van der Waals surface area contributed by atoms with Gasteiger partial charge in [-0.1, -0.05) is 0 Å². The van der Waals surface area contributed by atoms with Crippen LogP contribution in [0.15, 0.2) is 0 Å². The second-order valence-electron chi connectivity index (χ2n) is 2.72. The number of carbonyl (C=O) groups is 1. The molecule has 1 saturated heterocycles. The zero-order valence-corrected chi connectivity index (χ0v) is 6.21. The van der Waals surface area contributed by atoms with Crippen LogP contribution in [0.2, 0.25) is 0 Å². The lowest BCUT2D eigenvalue weighted by molar-refractivity contribution is -0.155. The highest BCUT2D eigenvalue weighted by Gasteiger charge is 2.40. The molecule has 0 aromatic rings. The number of nitrogens with one attached hydrogen (secondary N) is 1. The van der Waals surface area contributed by atoms with E-state index in [2.05, 4.69) is 5.32 Å². The van der Waals surface area contributed by atoms with Crippen molar-refractivity contribution in [2.45, 2.75) is 24.4 Å². The molecule has 0 aromatic carbocycles. The molecule has 0 radical (unpaired) electrons. The maximum Gasteiger partial charge on any atom is 0.252 e. The molecule has 0 bridgehead atoms. The highest BCUT2D eigenvalue weighted by Crippen LogP contribution is 2.10. The maximum atomic E-state index is 10.8. The Bertz CT molecular complexity index is 183. The van der Waals surface area contributed by atoms with Crippen LogP contribution in [0.25, 0.3) is 0 Å². The Balaban J connectivity index is 2.70. The van der Waals surface area contributed by atoms with Crippen molar-refractivity contribution in [3.8, 4) is 0 Å². The van der Waals surface area contributed by atoms with Gasteiger partial charge in [0.25, 0.3) is 5.91 Å². The molecule has 1 aliphatic heterocycles. The van der Waals surface area contributed by atoms with Gasteiger partial charge in [-0.05, 0) is 0 Å². The standard InChI is InChI=1S/C6H11NO5/c8-1-2-3(9)4(10)5(11)6(12)7-2/h2-5,8-11H,1H2,(H,7,12)/t2?,3-,4+,5-/m1/s1. The molecule has 1 amide bonds. The van der Waals surface area contributed by atoms with E-state index >= 15 is 0 Å². The van der Waals surface area contributed by atoms with Crippen molar-refractivity contribution in [3.63, 3.8) is 0 Å². The van der Waals surface area contributed by atoms with Crippen molar-refractivity contribution in [2.75, 3.05) is 6.61 Å². The average molecular weight is 177 g/mol. The molecule has 4 atom stereocenters. The fraction of sp³-hybridized carbons (Fsp3) is 0.833. The molecule has 6 heteroatoms. The molecular formula is C6H11NO5. The van der Waals surface area contributed by atoms with E-state index < -0.39 is 36.9 Å². The second-order valence-corrected chi connectivity index (χ2v) is 2.72. The predicted molar refractivity (Wildman–Crippen MR) is 37.0 cm³/mol. The van der Waals surface area contributed by atoms with Gasteiger partial charge in [-0.25, -0.2) is 0 Å². The first-order valence-electron chi connectivity index (χ1n) is 3.53. The molecule has 0 aliphatic carbocycles. The lowest BCUT2D eigenvalue weighted by atomic mass is 9.96. The van der Waals surface area contributed by atoms with E-state index in [1.54, 1.807) is 0 Å². The van der Waals surface area contributed by atoms with Gasteiger partial charge in [-0.3, -0.25) is 4.79 Å². The minimum absolute atomic E-state index is 0.476. The summed E-state index contributed by atoms with van der Waals surface area (Å²) in [5.74, 6) is -0.785. The zero-order valence-electron chi connectivity index (χ0n) is 6.21. The lowest BCUT2D eigenvalue weighted by Crippen LogP contribution is -2.63. The van der Waals surface area contributed by atoms with Crippen LogP contribution >= 0.6 is 0 Å². The molecule has 0 aromatic heterocycles. The topological polar surface area (TPSA) is 110 Å². The van der Waals surface area contributed by atoms with Crippen molar-refractivity contribution in [2.24, 2.45) is 0 Å². The number of hydrogen-bond donors (Lipinski definition) is 5. The van der Waals surface area contributed by atoms with Crippen molar-refractivity contribution >= 4 is 5.91 Å². The van der Waals surface area contributed by atoms with E-state index in [0.717, 1.165) is 0 Å². The summed E-state index contributed by atoms with van der Waals surface area (Å²) in [5, 5.41) is 37.9. The van der Waals surface area contributed by atoms with Crippen LogP contribution in [0.5, 0.6) is 0 Å². The number of amides is 1. The van der Waals surface area contributed by atoms with Gasteiger partial charge in [-0.15, -0.1) is 0 Å². The van der Waals surface area contributed by atoms with Gasteiger partial charge in [0, 0.05) is 0 Å². The number of carbonyl (C=O) groups excluding carboxylic acids is 1. The van der Waals surface area contributed by atoms with Gasteiger partial charge < -0.3 is 25.7 Å². The Morgan fingerprint density at radius 1 is 1.25 bits per heavy atom. The molecular weight excluding hydrogens is 166 g/mol. The predicted octanol–water partition coefficient (Wildman–Crippen LogP) is -3.44. The molecule has 1 heterocycles. The first-order chi connectivity index (χ1) is 5.57. The van der Waals surface area contributed by atoms with E-state index in [1.807, 2.05) is 0 Å². The van der Waals surface area contributed by atoms with Gasteiger partial charge in [0.05, 0.1) is 12.6 Å². The fourth-order valence-corrected chi connectivity index (χ4v) is 1.09. The van der Waals surface area contributed by atoms with E-state index in [4.69, 9.17) is 20.4 Å². The number of hydrogen-bond acceptors (Lipinski definition) is 5. The third-order valence-corrected chi connectivity index (χ3v) is 1.88. The van der Waals surface area contributed by atoms with Crippen LogP contribution < -0.4 is 5.32 Å². The molecule has 1 aliphatic rings. The van der Waals surface area contributed by atoms with Gasteiger partial charge >= 0.3 is 0 Å². The van der Waals surface area contributed by atoms with Crippen LogP contribution in [0.4, 0.5) is 0 Å². The summed E-state index contributed by atoms with van der Waals surface area (Å²) in [6.07, 6.45) is -4.48. The van der Waals surface area contributed by atoms with Crippen molar-refractivity contribution in [3.05, 3.63) is 0 Å². The Kier molecular flexibility index (Phi) is 2.63. The van der Waals surface area contributed by atoms with Gasteiger partial charge in [0.1, 0.15) is 12.2 Å². The van der Waals surface area contributed by atoms with E-state index in [9.17, 15) is 4.79 Å². The Labute approximate surface area is 68.4 Å². The molecule has 1 rings (SSSR count). The second kappa shape index (κ2) is 3.36. The van der Waals surface area contributed by atoms with Gasteiger partial charge in [0.2, 0.25) is 0 Å². The van der Waals surface area contributed by atoms with Crippen LogP contribution in [0.1, 0.15) is 0 Å². The molecule has 70 valence electrons. The zero-order chi connectivity index (χ0) is 9.30. The van der Waals surface area contributed by atoms with Crippen molar-refractivity contribution < 1.29 is 25.2 Å². The monoisotopic (exact) mass is 177 g/mol. The average Bonchev–Trinajstić information content (AvgIpc) is 2.08. The molecule has 0 saturated carbocycles. The molecule has 6 nitrogen and oxygen atoms in total. The summed E-state index contributed by atoms with van der Waals surface area (Å²) in [7, 11) is 0. The van der Waals surface area contributed by atoms with Crippen LogP contribution in [0, 0.1) is 0 Å².